The van der Waals surface area contributed by atoms with Crippen molar-refractivity contribution in [3.8, 4) is 6.07 Å². The van der Waals surface area contributed by atoms with E-state index in [1.54, 1.807) is 12.1 Å². The normalized spacial score (nSPS) is 16.2. The first-order chi connectivity index (χ1) is 13.3. The second kappa shape index (κ2) is 12.8. The average molecular weight is 398 g/mol. The molecule has 1 atom stereocenters. The van der Waals surface area contributed by atoms with E-state index in [9.17, 15) is 4.39 Å². The molecule has 0 aliphatic carbocycles. The van der Waals surface area contributed by atoms with Gasteiger partial charge in [-0.3, -0.25) is 0 Å². The fourth-order valence-corrected chi connectivity index (χ4v) is 3.41. The summed E-state index contributed by atoms with van der Waals surface area (Å²) < 4.78 is 19.6. The van der Waals surface area contributed by atoms with Gasteiger partial charge in [0.25, 0.3) is 0 Å². The molecule has 0 fully saturated rings. The van der Waals surface area contributed by atoms with Crippen molar-refractivity contribution in [1.82, 2.24) is 4.90 Å². The summed E-state index contributed by atoms with van der Waals surface area (Å²) >= 11 is 0. The largest absolute Gasteiger partial charge is 1.00 e. The number of halogens is 1. The molecule has 1 aliphatic rings. The third-order valence-corrected chi connectivity index (χ3v) is 4.59. The Kier molecular flexibility index (Phi) is 12.1. The molecular weight excluding hydrogens is 377 g/mol. The van der Waals surface area contributed by atoms with Gasteiger partial charge in [0.05, 0.1) is 18.2 Å². The third kappa shape index (κ3) is 7.19. The Bertz CT molecular complexity index is 868. The van der Waals surface area contributed by atoms with Crippen LogP contribution in [0.15, 0.2) is 42.5 Å². The molecule has 0 saturated carbocycles. The summed E-state index contributed by atoms with van der Waals surface area (Å²) in [5.74, 6) is -0.250. The molecule has 0 amide bonds. The van der Waals surface area contributed by atoms with Gasteiger partial charge in [-0.25, -0.2) is 4.39 Å². The molecule has 6 nitrogen and oxygen atoms in total. The quantitative estimate of drug-likeness (QED) is 0.470. The van der Waals surface area contributed by atoms with Crippen LogP contribution in [0.4, 0.5) is 9.18 Å². The first kappa shape index (κ1) is 28.2. The maximum absolute atomic E-state index is 13.4. The Hall–Kier alpha value is -1.76. The van der Waals surface area contributed by atoms with Gasteiger partial charge in [-0.15, -0.1) is 0 Å². The van der Waals surface area contributed by atoms with E-state index >= 15 is 0 Å². The minimum Gasteiger partial charge on any atom is -0.652 e. The van der Waals surface area contributed by atoms with E-state index in [4.69, 9.17) is 25.0 Å². The summed E-state index contributed by atoms with van der Waals surface area (Å²) in [4.78, 5) is 10.5. The molecule has 1 heterocycles. The first-order valence-electron chi connectivity index (χ1n) is 8.74. The van der Waals surface area contributed by atoms with Crippen LogP contribution in [0.3, 0.4) is 0 Å². The van der Waals surface area contributed by atoms with E-state index in [-0.39, 0.29) is 43.5 Å². The predicted octanol–water partition coefficient (Wildman–Crippen LogP) is -4.63. The average Bonchev–Trinajstić information content (AvgIpc) is 3.00. The van der Waals surface area contributed by atoms with Crippen molar-refractivity contribution in [2.45, 2.75) is 25.0 Å². The summed E-state index contributed by atoms with van der Waals surface area (Å²) in [6, 6.07) is 14.5. The molecule has 0 aromatic heterocycles. The van der Waals surface area contributed by atoms with E-state index in [2.05, 4.69) is 11.0 Å². The Morgan fingerprint density at radius 3 is 2.33 bits per heavy atom. The molecule has 148 valence electrons. The Balaban J connectivity index is 0.00000129. The van der Waals surface area contributed by atoms with Gasteiger partial charge in [0, 0.05) is 0 Å². The van der Waals surface area contributed by atoms with E-state index in [1.807, 2.05) is 32.3 Å². The molecule has 2 aromatic rings. The number of nitrogens with zero attached hydrogens (tertiary/aromatic N) is 2. The van der Waals surface area contributed by atoms with E-state index < -0.39 is 11.8 Å². The van der Waals surface area contributed by atoms with Gasteiger partial charge in [0.15, 0.2) is 0 Å². The number of hydrogen-bond acceptors (Lipinski definition) is 6. The summed E-state index contributed by atoms with van der Waals surface area (Å²) in [7, 11) is 4.10. The summed E-state index contributed by atoms with van der Waals surface area (Å²) in [6.45, 7) is 1.43. The van der Waals surface area contributed by atoms with Crippen LogP contribution in [-0.2, 0) is 16.9 Å². The second-order valence-electron chi connectivity index (χ2n) is 6.76. The van der Waals surface area contributed by atoms with Gasteiger partial charge >= 0.3 is 37.7 Å². The summed E-state index contributed by atoms with van der Waals surface area (Å²) in [5, 5.41) is 25.8. The molecule has 0 saturated heterocycles. The number of carbonyl (C=O) groups is 1. The molecule has 30 heavy (non-hydrogen) atoms. The zero-order valence-corrected chi connectivity index (χ0v) is 17.8. The number of ether oxygens (including phenoxy) is 1. The van der Waals surface area contributed by atoms with E-state index in [0.717, 1.165) is 36.1 Å². The summed E-state index contributed by atoms with van der Waals surface area (Å²) in [6.07, 6.45) is -0.556. The van der Waals surface area contributed by atoms with Crippen LogP contribution >= 0.6 is 0 Å². The van der Waals surface area contributed by atoms with Gasteiger partial charge in [-0.2, -0.15) is 5.26 Å². The van der Waals surface area contributed by atoms with Crippen LogP contribution in [-0.4, -0.2) is 31.7 Å². The SMILES string of the molecule is CN(C)CCCC1(c2ccc(F)cc2)OCc2cc(C#N)ccc21.O=C([O-])[O-].[Li+].[Li+]. The van der Waals surface area contributed by atoms with Gasteiger partial charge in [-0.1, -0.05) is 18.2 Å². The number of nitriles is 1. The second-order valence-corrected chi connectivity index (χ2v) is 6.76. The van der Waals surface area contributed by atoms with Crippen molar-refractivity contribution in [2.24, 2.45) is 0 Å². The minimum absolute atomic E-state index is 0. The van der Waals surface area contributed by atoms with Crippen LogP contribution in [0.1, 0.15) is 35.1 Å². The molecule has 0 radical (unpaired) electrons. The monoisotopic (exact) mass is 398 g/mol. The molecule has 9 heteroatoms. The number of carboxylic acid groups (broad SMARTS) is 2. The van der Waals surface area contributed by atoms with Crippen LogP contribution < -0.4 is 47.9 Å². The van der Waals surface area contributed by atoms with Crippen molar-refractivity contribution in [3.63, 3.8) is 0 Å². The zero-order valence-electron chi connectivity index (χ0n) is 17.8. The number of fused-ring (bicyclic) bond motifs is 1. The Morgan fingerprint density at radius 2 is 1.80 bits per heavy atom. The zero-order chi connectivity index (χ0) is 20.7. The molecular formula is C21H21FLi2N2O4. The fraction of sp³-hybridized carbons (Fsp3) is 0.333. The molecule has 2 aromatic carbocycles. The van der Waals surface area contributed by atoms with Crippen LogP contribution in [0, 0.1) is 17.1 Å². The van der Waals surface area contributed by atoms with Crippen molar-refractivity contribution < 1.29 is 61.9 Å². The van der Waals surface area contributed by atoms with Crippen molar-refractivity contribution in [3.05, 3.63) is 70.5 Å². The number of carbonyl (C=O) groups excluding carboxylic acids is 1. The summed E-state index contributed by atoms with van der Waals surface area (Å²) in [5.41, 5.74) is 3.18. The maximum atomic E-state index is 13.4. The molecule has 3 rings (SSSR count). The topological polar surface area (TPSA) is 99.5 Å². The van der Waals surface area contributed by atoms with Gasteiger partial charge < -0.3 is 24.6 Å². The number of benzene rings is 2. The van der Waals surface area contributed by atoms with Gasteiger partial charge in [0.1, 0.15) is 11.4 Å². The third-order valence-electron chi connectivity index (χ3n) is 4.59. The van der Waals surface area contributed by atoms with Crippen LogP contribution in [0.2, 0.25) is 0 Å². The van der Waals surface area contributed by atoms with E-state index in [0.29, 0.717) is 12.2 Å². The van der Waals surface area contributed by atoms with Crippen molar-refractivity contribution in [2.75, 3.05) is 20.6 Å². The smallest absolute Gasteiger partial charge is 0.652 e. The van der Waals surface area contributed by atoms with Gasteiger partial charge in [-0.05, 0) is 80.6 Å². The fourth-order valence-electron chi connectivity index (χ4n) is 3.41. The van der Waals surface area contributed by atoms with Gasteiger partial charge in [0.2, 0.25) is 0 Å². The molecule has 0 bridgehead atoms. The van der Waals surface area contributed by atoms with Crippen molar-refractivity contribution >= 4 is 6.16 Å². The first-order valence-corrected chi connectivity index (χ1v) is 8.74. The number of rotatable bonds is 5. The standard InChI is InChI=1S/C20H21FN2O.CH2O3.2Li/c1-23(2)11-3-10-20(17-5-7-18(21)8-6-17)19-9-4-15(13-22)12-16(19)14-24-20;2-1(3)4;;/h4-9,12H,3,10-11,14H2,1-2H3;(H2,2,3,4);;/q;;2*+1/p-2. The minimum atomic E-state index is -2.33. The molecule has 0 N–H and O–H groups in total. The van der Waals surface area contributed by atoms with Crippen LogP contribution in [0.25, 0.3) is 0 Å². The molecule has 1 unspecified atom stereocenters. The predicted molar refractivity (Wildman–Crippen MR) is 96.3 cm³/mol. The maximum Gasteiger partial charge on any atom is 1.00 e. The number of hydrogen-bond donors (Lipinski definition) is 0. The van der Waals surface area contributed by atoms with E-state index in [1.165, 1.54) is 12.1 Å². The Morgan fingerprint density at radius 1 is 1.20 bits per heavy atom. The Labute approximate surface area is 200 Å². The molecule has 1 aliphatic heterocycles. The molecule has 0 spiro atoms. The van der Waals surface area contributed by atoms with Crippen LogP contribution in [0.5, 0.6) is 0 Å². The van der Waals surface area contributed by atoms with Crippen molar-refractivity contribution in [1.29, 1.82) is 5.26 Å².